The molecule has 1 saturated carbocycles. The first-order valence-electron chi connectivity index (χ1n) is 6.20. The molecule has 1 aromatic heterocycles. The molecular formula is C12H20ClN3. The third kappa shape index (κ3) is 2.40. The Labute approximate surface area is 102 Å². The molecule has 1 aromatic rings. The van der Waals surface area contributed by atoms with Crippen molar-refractivity contribution in [3.8, 4) is 0 Å². The van der Waals surface area contributed by atoms with Crippen molar-refractivity contribution in [1.82, 2.24) is 14.8 Å². The fourth-order valence-corrected chi connectivity index (χ4v) is 2.70. The van der Waals surface area contributed by atoms with Crippen LogP contribution in [0, 0.1) is 5.92 Å². The average molecular weight is 242 g/mol. The van der Waals surface area contributed by atoms with Crippen LogP contribution in [0.1, 0.15) is 57.1 Å². The lowest BCUT2D eigenvalue weighted by molar-refractivity contribution is 0.479. The summed E-state index contributed by atoms with van der Waals surface area (Å²) in [4.78, 5) is 0. The molecule has 0 saturated heterocycles. The van der Waals surface area contributed by atoms with Gasteiger partial charge in [0, 0.05) is 12.5 Å². The summed E-state index contributed by atoms with van der Waals surface area (Å²) in [6.07, 6.45) is 5.18. The number of alkyl halides is 1. The van der Waals surface area contributed by atoms with E-state index in [1.807, 2.05) is 0 Å². The zero-order valence-corrected chi connectivity index (χ0v) is 10.9. The molecule has 1 aliphatic rings. The van der Waals surface area contributed by atoms with E-state index >= 15 is 0 Å². The lowest BCUT2D eigenvalue weighted by atomic mass is 10.1. The number of halogens is 1. The van der Waals surface area contributed by atoms with Crippen LogP contribution >= 0.6 is 11.6 Å². The number of hydrogen-bond donors (Lipinski definition) is 0. The summed E-state index contributed by atoms with van der Waals surface area (Å²) in [5.74, 6) is 3.78. The molecule has 0 unspecified atom stereocenters. The molecule has 0 aromatic carbocycles. The minimum Gasteiger partial charge on any atom is -0.313 e. The maximum atomic E-state index is 5.91. The highest BCUT2D eigenvalue weighted by atomic mass is 35.5. The van der Waals surface area contributed by atoms with E-state index in [1.165, 1.54) is 31.5 Å². The van der Waals surface area contributed by atoms with Gasteiger partial charge < -0.3 is 4.57 Å². The molecule has 0 aliphatic heterocycles. The monoisotopic (exact) mass is 241 g/mol. The van der Waals surface area contributed by atoms with Crippen LogP contribution in [0.4, 0.5) is 0 Å². The normalized spacial score (nSPS) is 17.5. The predicted molar refractivity (Wildman–Crippen MR) is 65.6 cm³/mol. The Hall–Kier alpha value is -0.570. The van der Waals surface area contributed by atoms with Crippen LogP contribution in [-0.2, 0) is 12.4 Å². The molecule has 1 aliphatic carbocycles. The van der Waals surface area contributed by atoms with E-state index in [-0.39, 0.29) is 0 Å². The minimum atomic E-state index is 0.465. The Morgan fingerprint density at radius 3 is 2.56 bits per heavy atom. The number of aromatic nitrogens is 3. The van der Waals surface area contributed by atoms with Crippen LogP contribution in [0.15, 0.2) is 0 Å². The van der Waals surface area contributed by atoms with Crippen molar-refractivity contribution in [2.75, 3.05) is 0 Å². The Morgan fingerprint density at radius 2 is 2.00 bits per heavy atom. The third-order valence-corrected chi connectivity index (χ3v) is 3.48. The Bertz CT molecular complexity index is 340. The molecule has 0 radical (unpaired) electrons. The molecule has 90 valence electrons. The van der Waals surface area contributed by atoms with Gasteiger partial charge in [-0.3, -0.25) is 0 Å². The maximum Gasteiger partial charge on any atom is 0.147 e. The molecule has 0 bridgehead atoms. The van der Waals surface area contributed by atoms with E-state index in [0.29, 0.717) is 17.7 Å². The van der Waals surface area contributed by atoms with Crippen LogP contribution < -0.4 is 0 Å². The van der Waals surface area contributed by atoms with E-state index < -0.39 is 0 Å². The first-order chi connectivity index (χ1) is 7.72. The number of rotatable bonds is 4. The van der Waals surface area contributed by atoms with E-state index in [4.69, 9.17) is 11.6 Å². The highest BCUT2D eigenvalue weighted by Crippen LogP contribution is 2.33. The number of hydrogen-bond acceptors (Lipinski definition) is 2. The summed E-state index contributed by atoms with van der Waals surface area (Å²) in [5, 5.41) is 8.56. The van der Waals surface area contributed by atoms with Gasteiger partial charge in [-0.05, 0) is 18.8 Å². The zero-order valence-electron chi connectivity index (χ0n) is 10.1. The van der Waals surface area contributed by atoms with Crippen molar-refractivity contribution in [3.05, 3.63) is 11.6 Å². The van der Waals surface area contributed by atoms with Gasteiger partial charge >= 0.3 is 0 Å². The van der Waals surface area contributed by atoms with Crippen molar-refractivity contribution in [1.29, 1.82) is 0 Å². The van der Waals surface area contributed by atoms with Gasteiger partial charge in [-0.2, -0.15) is 0 Å². The number of nitrogens with zero attached hydrogens (tertiary/aromatic N) is 3. The molecule has 3 nitrogen and oxygen atoms in total. The van der Waals surface area contributed by atoms with Crippen LogP contribution in [0.3, 0.4) is 0 Å². The maximum absolute atomic E-state index is 5.91. The lowest BCUT2D eigenvalue weighted by Crippen LogP contribution is -2.13. The average Bonchev–Trinajstić information content (AvgIpc) is 2.84. The van der Waals surface area contributed by atoms with Gasteiger partial charge in [-0.15, -0.1) is 21.8 Å². The lowest BCUT2D eigenvalue weighted by Gasteiger charge is -2.15. The van der Waals surface area contributed by atoms with Crippen molar-refractivity contribution in [2.24, 2.45) is 5.92 Å². The quantitative estimate of drug-likeness (QED) is 0.757. The summed E-state index contributed by atoms with van der Waals surface area (Å²) in [7, 11) is 0. The van der Waals surface area contributed by atoms with Gasteiger partial charge in [-0.25, -0.2) is 0 Å². The van der Waals surface area contributed by atoms with Crippen molar-refractivity contribution in [3.63, 3.8) is 0 Å². The Morgan fingerprint density at radius 1 is 1.31 bits per heavy atom. The molecule has 0 spiro atoms. The van der Waals surface area contributed by atoms with Gasteiger partial charge in [-0.1, -0.05) is 26.7 Å². The largest absolute Gasteiger partial charge is 0.313 e. The molecule has 0 atom stereocenters. The fourth-order valence-electron chi connectivity index (χ4n) is 2.50. The van der Waals surface area contributed by atoms with Crippen molar-refractivity contribution < 1.29 is 0 Å². The predicted octanol–water partition coefficient (Wildman–Crippen LogP) is 3.33. The minimum absolute atomic E-state index is 0.465. The van der Waals surface area contributed by atoms with E-state index in [9.17, 15) is 0 Å². The summed E-state index contributed by atoms with van der Waals surface area (Å²) in [6, 6.07) is 0. The molecule has 0 N–H and O–H groups in total. The van der Waals surface area contributed by atoms with Crippen LogP contribution in [0.25, 0.3) is 0 Å². The molecule has 16 heavy (non-hydrogen) atoms. The SMILES string of the molecule is CC(C)Cn1c(CCl)nnc1C1CCCC1. The third-order valence-electron chi connectivity index (χ3n) is 3.24. The molecule has 1 fully saturated rings. The standard InChI is InChI=1S/C12H20ClN3/c1-9(2)8-16-11(7-13)14-15-12(16)10-5-3-4-6-10/h9-10H,3-8H2,1-2H3. The van der Waals surface area contributed by atoms with Gasteiger partial charge in [0.05, 0.1) is 5.88 Å². The Kier molecular flexibility index (Phi) is 3.85. The summed E-state index contributed by atoms with van der Waals surface area (Å²) in [6.45, 7) is 5.42. The van der Waals surface area contributed by atoms with Crippen molar-refractivity contribution >= 4 is 11.6 Å². The van der Waals surface area contributed by atoms with E-state index in [1.54, 1.807) is 0 Å². The molecule has 1 heterocycles. The van der Waals surface area contributed by atoms with E-state index in [0.717, 1.165) is 12.4 Å². The first kappa shape index (κ1) is 11.9. The second-order valence-electron chi connectivity index (χ2n) is 5.09. The second kappa shape index (κ2) is 5.17. The van der Waals surface area contributed by atoms with Gasteiger partial charge in [0.15, 0.2) is 0 Å². The topological polar surface area (TPSA) is 30.7 Å². The molecular weight excluding hydrogens is 222 g/mol. The van der Waals surface area contributed by atoms with Gasteiger partial charge in [0.2, 0.25) is 0 Å². The van der Waals surface area contributed by atoms with E-state index in [2.05, 4.69) is 28.6 Å². The molecule has 0 amide bonds. The second-order valence-corrected chi connectivity index (χ2v) is 5.36. The van der Waals surface area contributed by atoms with Crippen LogP contribution in [0.2, 0.25) is 0 Å². The van der Waals surface area contributed by atoms with Crippen molar-refractivity contribution in [2.45, 2.75) is 57.9 Å². The first-order valence-corrected chi connectivity index (χ1v) is 6.73. The highest BCUT2D eigenvalue weighted by Gasteiger charge is 2.24. The summed E-state index contributed by atoms with van der Waals surface area (Å²) >= 11 is 5.91. The fraction of sp³-hybridized carbons (Fsp3) is 0.833. The van der Waals surface area contributed by atoms with Crippen LogP contribution in [0.5, 0.6) is 0 Å². The summed E-state index contributed by atoms with van der Waals surface area (Å²) < 4.78 is 2.24. The van der Waals surface area contributed by atoms with Gasteiger partial charge in [0.1, 0.15) is 11.6 Å². The summed E-state index contributed by atoms with van der Waals surface area (Å²) in [5.41, 5.74) is 0. The Balaban J connectivity index is 2.25. The van der Waals surface area contributed by atoms with Crippen LogP contribution in [-0.4, -0.2) is 14.8 Å². The smallest absolute Gasteiger partial charge is 0.147 e. The van der Waals surface area contributed by atoms with Gasteiger partial charge in [0.25, 0.3) is 0 Å². The molecule has 4 heteroatoms. The zero-order chi connectivity index (χ0) is 11.5. The molecule has 2 rings (SSSR count). The highest BCUT2D eigenvalue weighted by molar-refractivity contribution is 6.16.